The van der Waals surface area contributed by atoms with Crippen molar-refractivity contribution in [3.05, 3.63) is 44.7 Å². The fraction of sp³-hybridized carbons (Fsp3) is 0.542. The molecule has 5 heteroatoms. The molecule has 29 heavy (non-hydrogen) atoms. The number of unbranched alkanes of at least 4 members (excludes halogenated alkanes) is 2. The largest absolute Gasteiger partial charge is 0.465 e. The summed E-state index contributed by atoms with van der Waals surface area (Å²) in [5.41, 5.74) is 3.19. The zero-order chi connectivity index (χ0) is 21.2. The second-order valence-corrected chi connectivity index (χ2v) is 10.2. The normalized spacial score (nSPS) is 23.5. The number of benzene rings is 1. The molecule has 1 heterocycles. The molecule has 0 N–H and O–H groups in total. The molecule has 156 valence electrons. The molecule has 1 aromatic rings. The van der Waals surface area contributed by atoms with E-state index >= 15 is 0 Å². The summed E-state index contributed by atoms with van der Waals surface area (Å²) in [5, 5.41) is 0. The number of halogens is 1. The zero-order valence-electron chi connectivity index (χ0n) is 17.8. The van der Waals surface area contributed by atoms with Crippen LogP contribution in [0.5, 0.6) is 0 Å². The number of nitrogens with zero attached hydrogens (tertiary/aromatic N) is 1. The number of hydrogen-bond donors (Lipinski definition) is 0. The number of ketones is 1. The number of hydrogen-bond acceptors (Lipinski definition) is 4. The number of carbonyl (C=O) groups excluding carboxylic acids is 2. The predicted molar refractivity (Wildman–Crippen MR) is 124 cm³/mol. The summed E-state index contributed by atoms with van der Waals surface area (Å²) in [4.78, 5) is 31.0. The lowest BCUT2D eigenvalue weighted by Gasteiger charge is -2.39. The van der Waals surface area contributed by atoms with E-state index in [1.807, 2.05) is 31.2 Å². The van der Waals surface area contributed by atoms with Crippen molar-refractivity contribution < 1.29 is 14.3 Å². The van der Waals surface area contributed by atoms with Gasteiger partial charge in [0.25, 0.3) is 0 Å². The first-order valence-electron chi connectivity index (χ1n) is 10.5. The molecule has 1 aliphatic heterocycles. The fourth-order valence-electron chi connectivity index (χ4n) is 4.40. The summed E-state index contributed by atoms with van der Waals surface area (Å²) >= 11 is 2.27. The van der Waals surface area contributed by atoms with Gasteiger partial charge in [-0.1, -0.05) is 45.7 Å². The van der Waals surface area contributed by atoms with E-state index in [1.54, 1.807) is 0 Å². The predicted octanol–water partition coefficient (Wildman–Crippen LogP) is 5.84. The van der Waals surface area contributed by atoms with Crippen LogP contribution in [0.3, 0.4) is 0 Å². The van der Waals surface area contributed by atoms with Crippen LogP contribution < -0.4 is 0 Å². The SMILES string of the molecule is CCCCCOC(=O)C1C(C)=NC2=C(C(=O)CC(C)(C)C2)[C@@H]1c1ccc(I)cc1. The van der Waals surface area contributed by atoms with E-state index in [2.05, 4.69) is 43.4 Å². The lowest BCUT2D eigenvalue weighted by molar-refractivity contribution is -0.146. The van der Waals surface area contributed by atoms with Crippen LogP contribution in [0, 0.1) is 14.9 Å². The summed E-state index contributed by atoms with van der Waals surface area (Å²) in [6, 6.07) is 8.11. The third kappa shape index (κ3) is 4.98. The third-order valence-corrected chi connectivity index (χ3v) is 6.50. The number of aliphatic imine (C=N–C) groups is 1. The Labute approximate surface area is 187 Å². The summed E-state index contributed by atoms with van der Waals surface area (Å²) in [6.45, 7) is 8.65. The maximum absolute atomic E-state index is 13.2. The average Bonchev–Trinajstić information content (AvgIpc) is 2.63. The van der Waals surface area contributed by atoms with Crippen LogP contribution >= 0.6 is 22.6 Å². The first-order chi connectivity index (χ1) is 13.7. The van der Waals surface area contributed by atoms with Gasteiger partial charge in [0.2, 0.25) is 0 Å². The highest BCUT2D eigenvalue weighted by molar-refractivity contribution is 14.1. The number of rotatable bonds is 6. The summed E-state index contributed by atoms with van der Waals surface area (Å²) < 4.78 is 6.75. The molecule has 2 atom stereocenters. The highest BCUT2D eigenvalue weighted by Crippen LogP contribution is 2.47. The van der Waals surface area contributed by atoms with Crippen LogP contribution in [-0.4, -0.2) is 24.1 Å². The van der Waals surface area contributed by atoms with Crippen molar-refractivity contribution >= 4 is 40.1 Å². The van der Waals surface area contributed by atoms with E-state index in [0.717, 1.165) is 46.2 Å². The fourth-order valence-corrected chi connectivity index (χ4v) is 4.75. The Morgan fingerprint density at radius 3 is 2.55 bits per heavy atom. The van der Waals surface area contributed by atoms with Crippen LogP contribution in [0.4, 0.5) is 0 Å². The van der Waals surface area contributed by atoms with E-state index in [1.165, 1.54) is 0 Å². The van der Waals surface area contributed by atoms with Crippen LogP contribution in [0.25, 0.3) is 0 Å². The van der Waals surface area contributed by atoms with Gasteiger partial charge in [0, 0.05) is 32.9 Å². The summed E-state index contributed by atoms with van der Waals surface area (Å²) in [5.74, 6) is -1.02. The van der Waals surface area contributed by atoms with Gasteiger partial charge >= 0.3 is 5.97 Å². The minimum Gasteiger partial charge on any atom is -0.465 e. The first kappa shape index (κ1) is 22.2. The van der Waals surface area contributed by atoms with Gasteiger partial charge in [0.15, 0.2) is 5.78 Å². The molecule has 0 bridgehead atoms. The van der Waals surface area contributed by atoms with E-state index in [-0.39, 0.29) is 23.1 Å². The highest BCUT2D eigenvalue weighted by Gasteiger charge is 2.45. The minimum atomic E-state index is -0.541. The second kappa shape index (κ2) is 9.11. The maximum Gasteiger partial charge on any atom is 0.315 e. The number of allylic oxidation sites excluding steroid dienone is 2. The minimum absolute atomic E-state index is 0.107. The number of carbonyl (C=O) groups is 2. The van der Waals surface area contributed by atoms with Crippen molar-refractivity contribution in [1.29, 1.82) is 0 Å². The van der Waals surface area contributed by atoms with Gasteiger partial charge in [-0.2, -0.15) is 0 Å². The monoisotopic (exact) mass is 507 g/mol. The molecule has 0 fully saturated rings. The molecule has 0 amide bonds. The molecule has 0 saturated carbocycles. The Morgan fingerprint density at radius 2 is 1.90 bits per heavy atom. The van der Waals surface area contributed by atoms with Gasteiger partial charge in [-0.05, 0) is 65.5 Å². The molecule has 0 spiro atoms. The Hall–Kier alpha value is -1.50. The highest BCUT2D eigenvalue weighted by atomic mass is 127. The van der Waals surface area contributed by atoms with Crippen molar-refractivity contribution in [2.45, 2.75) is 65.7 Å². The first-order valence-corrected chi connectivity index (χ1v) is 11.5. The van der Waals surface area contributed by atoms with Crippen molar-refractivity contribution in [3.63, 3.8) is 0 Å². The number of Topliss-reactive ketones (excluding diaryl/α,β-unsaturated/α-hetero) is 1. The molecule has 1 aromatic carbocycles. The van der Waals surface area contributed by atoms with Crippen LogP contribution in [0.15, 0.2) is 40.5 Å². The van der Waals surface area contributed by atoms with E-state index in [0.29, 0.717) is 18.6 Å². The molecule has 1 aliphatic carbocycles. The van der Waals surface area contributed by atoms with Crippen LogP contribution in [0.1, 0.15) is 71.3 Å². The second-order valence-electron chi connectivity index (χ2n) is 8.94. The van der Waals surface area contributed by atoms with Crippen LogP contribution in [-0.2, 0) is 14.3 Å². The Balaban J connectivity index is 2.01. The number of ether oxygens (including phenoxy) is 1. The lowest BCUT2D eigenvalue weighted by Crippen LogP contribution is -2.39. The van der Waals surface area contributed by atoms with E-state index in [9.17, 15) is 9.59 Å². The topological polar surface area (TPSA) is 55.7 Å². The maximum atomic E-state index is 13.2. The molecule has 4 nitrogen and oxygen atoms in total. The van der Waals surface area contributed by atoms with E-state index in [4.69, 9.17) is 9.73 Å². The van der Waals surface area contributed by atoms with Crippen molar-refractivity contribution in [1.82, 2.24) is 0 Å². The van der Waals surface area contributed by atoms with Crippen molar-refractivity contribution in [3.8, 4) is 0 Å². The standard InChI is InChI=1S/C24H30INO3/c1-5-6-7-12-29-23(28)20-15(2)26-18-13-24(3,4)14-19(27)22(18)21(20)16-8-10-17(25)11-9-16/h8-11,20-21H,5-7,12-14H2,1-4H3/t20?,21-/m1/s1. The molecular weight excluding hydrogens is 477 g/mol. The number of esters is 1. The molecule has 3 rings (SSSR count). The molecule has 0 saturated heterocycles. The van der Waals surface area contributed by atoms with Gasteiger partial charge in [0.1, 0.15) is 5.92 Å². The third-order valence-electron chi connectivity index (χ3n) is 5.78. The Kier molecular flexibility index (Phi) is 6.97. The molecular formula is C24H30INO3. The Bertz CT molecular complexity index is 851. The van der Waals surface area contributed by atoms with Gasteiger partial charge < -0.3 is 4.74 Å². The van der Waals surface area contributed by atoms with Gasteiger partial charge in [-0.15, -0.1) is 0 Å². The smallest absolute Gasteiger partial charge is 0.315 e. The lowest BCUT2D eigenvalue weighted by atomic mass is 9.67. The average molecular weight is 507 g/mol. The van der Waals surface area contributed by atoms with Crippen molar-refractivity contribution in [2.24, 2.45) is 16.3 Å². The summed E-state index contributed by atoms with van der Waals surface area (Å²) in [6.07, 6.45) is 4.21. The molecule has 2 aliphatic rings. The Morgan fingerprint density at radius 1 is 1.21 bits per heavy atom. The van der Waals surface area contributed by atoms with Crippen LogP contribution in [0.2, 0.25) is 0 Å². The van der Waals surface area contributed by atoms with E-state index < -0.39 is 5.92 Å². The molecule has 0 aromatic heterocycles. The van der Waals surface area contributed by atoms with Gasteiger partial charge in [0.05, 0.1) is 6.61 Å². The molecule has 0 radical (unpaired) electrons. The zero-order valence-corrected chi connectivity index (χ0v) is 19.9. The molecule has 1 unspecified atom stereocenters. The van der Waals surface area contributed by atoms with Gasteiger partial charge in [-0.3, -0.25) is 14.6 Å². The van der Waals surface area contributed by atoms with Crippen molar-refractivity contribution in [2.75, 3.05) is 6.61 Å². The van der Waals surface area contributed by atoms with Gasteiger partial charge in [-0.25, -0.2) is 0 Å². The summed E-state index contributed by atoms with van der Waals surface area (Å²) in [7, 11) is 0. The quantitative estimate of drug-likeness (QED) is 0.276.